The van der Waals surface area contributed by atoms with Crippen molar-refractivity contribution in [2.24, 2.45) is 0 Å². The SMILES string of the molecule is Nc1ccc(NC(=O)Nc2ccc(F)cc2)cc1C(F)(F)F. The summed E-state index contributed by atoms with van der Waals surface area (Å²) in [6, 6.07) is 7.19. The number of hydrogen-bond acceptors (Lipinski definition) is 2. The second kappa shape index (κ2) is 5.92. The fourth-order valence-corrected chi connectivity index (χ4v) is 1.71. The lowest BCUT2D eigenvalue weighted by atomic mass is 10.1. The first kappa shape index (κ1) is 15.6. The zero-order chi connectivity index (χ0) is 16.3. The van der Waals surface area contributed by atoms with Crippen LogP contribution in [0, 0.1) is 5.82 Å². The first-order valence-corrected chi connectivity index (χ1v) is 6.06. The van der Waals surface area contributed by atoms with Gasteiger partial charge in [0.15, 0.2) is 0 Å². The number of hydrogen-bond donors (Lipinski definition) is 3. The number of nitrogens with one attached hydrogen (secondary N) is 2. The zero-order valence-electron chi connectivity index (χ0n) is 11.0. The van der Waals surface area contributed by atoms with Crippen LogP contribution in [0.25, 0.3) is 0 Å². The zero-order valence-corrected chi connectivity index (χ0v) is 11.0. The summed E-state index contributed by atoms with van der Waals surface area (Å²) in [5.41, 5.74) is 4.02. The minimum Gasteiger partial charge on any atom is -0.398 e. The molecule has 22 heavy (non-hydrogen) atoms. The monoisotopic (exact) mass is 313 g/mol. The maximum absolute atomic E-state index is 12.7. The Morgan fingerprint density at radius 2 is 1.50 bits per heavy atom. The molecule has 0 heterocycles. The number of rotatable bonds is 2. The normalized spacial score (nSPS) is 11.1. The minimum atomic E-state index is -4.62. The van der Waals surface area contributed by atoms with E-state index in [-0.39, 0.29) is 5.69 Å². The molecule has 8 heteroatoms. The highest BCUT2D eigenvalue weighted by atomic mass is 19.4. The van der Waals surface area contributed by atoms with Crippen molar-refractivity contribution in [2.45, 2.75) is 6.18 Å². The molecule has 4 N–H and O–H groups in total. The molecule has 0 radical (unpaired) electrons. The lowest BCUT2D eigenvalue weighted by molar-refractivity contribution is -0.136. The number of benzene rings is 2. The van der Waals surface area contributed by atoms with Crippen LogP contribution in [-0.2, 0) is 6.18 Å². The number of alkyl halides is 3. The van der Waals surface area contributed by atoms with Gasteiger partial charge in [0.1, 0.15) is 5.82 Å². The smallest absolute Gasteiger partial charge is 0.398 e. The minimum absolute atomic E-state index is 0.0684. The van der Waals surface area contributed by atoms with E-state index in [1.165, 1.54) is 18.2 Å². The van der Waals surface area contributed by atoms with Crippen molar-refractivity contribution in [3.05, 3.63) is 53.8 Å². The van der Waals surface area contributed by atoms with Crippen LogP contribution in [0.1, 0.15) is 5.56 Å². The van der Waals surface area contributed by atoms with E-state index in [1.807, 2.05) is 0 Å². The van der Waals surface area contributed by atoms with Crippen molar-refractivity contribution < 1.29 is 22.4 Å². The van der Waals surface area contributed by atoms with Gasteiger partial charge in [0, 0.05) is 17.1 Å². The first-order chi connectivity index (χ1) is 10.3. The molecule has 0 saturated heterocycles. The molecule has 0 saturated carbocycles. The molecule has 116 valence electrons. The summed E-state index contributed by atoms with van der Waals surface area (Å²) in [5.74, 6) is -0.473. The molecule has 0 aliphatic rings. The molecule has 4 nitrogen and oxygen atoms in total. The van der Waals surface area contributed by atoms with Gasteiger partial charge < -0.3 is 16.4 Å². The van der Waals surface area contributed by atoms with E-state index in [2.05, 4.69) is 10.6 Å². The van der Waals surface area contributed by atoms with Crippen LogP contribution in [0.5, 0.6) is 0 Å². The Balaban J connectivity index is 2.10. The maximum Gasteiger partial charge on any atom is 0.418 e. The largest absolute Gasteiger partial charge is 0.418 e. The highest BCUT2D eigenvalue weighted by Crippen LogP contribution is 2.35. The summed E-state index contributed by atoms with van der Waals surface area (Å²) in [7, 11) is 0. The molecule has 0 aromatic heterocycles. The number of nitrogen functional groups attached to an aromatic ring is 1. The Morgan fingerprint density at radius 3 is 2.09 bits per heavy atom. The van der Waals surface area contributed by atoms with Gasteiger partial charge in [0.05, 0.1) is 5.56 Å². The van der Waals surface area contributed by atoms with Crippen molar-refractivity contribution in [2.75, 3.05) is 16.4 Å². The van der Waals surface area contributed by atoms with Crippen molar-refractivity contribution in [1.82, 2.24) is 0 Å². The summed E-state index contributed by atoms with van der Waals surface area (Å²) < 4.78 is 50.8. The Hall–Kier alpha value is -2.77. The van der Waals surface area contributed by atoms with Gasteiger partial charge in [-0.1, -0.05) is 0 Å². The number of amides is 2. The second-order valence-corrected chi connectivity index (χ2v) is 4.39. The Kier molecular flexibility index (Phi) is 4.20. The molecule has 2 aromatic rings. The molecule has 0 atom stereocenters. The van der Waals surface area contributed by atoms with Gasteiger partial charge in [-0.25, -0.2) is 9.18 Å². The van der Waals surface area contributed by atoms with Crippen molar-refractivity contribution in [1.29, 1.82) is 0 Å². The Morgan fingerprint density at radius 1 is 0.955 bits per heavy atom. The van der Waals surface area contributed by atoms with E-state index in [9.17, 15) is 22.4 Å². The lowest BCUT2D eigenvalue weighted by Crippen LogP contribution is -2.20. The van der Waals surface area contributed by atoms with Crippen LogP contribution in [0.2, 0.25) is 0 Å². The molecule has 0 aliphatic carbocycles. The number of carbonyl (C=O) groups is 1. The molecular weight excluding hydrogens is 302 g/mol. The lowest BCUT2D eigenvalue weighted by Gasteiger charge is -2.13. The number of carbonyl (C=O) groups excluding carboxylic acids is 1. The average Bonchev–Trinajstić information content (AvgIpc) is 2.42. The number of nitrogens with two attached hydrogens (primary N) is 1. The average molecular weight is 313 g/mol. The summed E-state index contributed by atoms with van der Waals surface area (Å²) >= 11 is 0. The van der Waals surface area contributed by atoms with E-state index in [4.69, 9.17) is 5.73 Å². The van der Waals surface area contributed by atoms with E-state index in [1.54, 1.807) is 0 Å². The second-order valence-electron chi connectivity index (χ2n) is 4.39. The van der Waals surface area contributed by atoms with E-state index >= 15 is 0 Å². The van der Waals surface area contributed by atoms with Crippen LogP contribution in [0.15, 0.2) is 42.5 Å². The predicted molar refractivity (Wildman–Crippen MR) is 74.9 cm³/mol. The van der Waals surface area contributed by atoms with E-state index in [0.29, 0.717) is 5.69 Å². The molecule has 0 fully saturated rings. The van der Waals surface area contributed by atoms with Crippen LogP contribution in [0.4, 0.5) is 39.4 Å². The van der Waals surface area contributed by atoms with Crippen LogP contribution < -0.4 is 16.4 Å². The van der Waals surface area contributed by atoms with Gasteiger partial charge >= 0.3 is 12.2 Å². The highest BCUT2D eigenvalue weighted by molar-refractivity contribution is 5.99. The molecule has 0 aliphatic heterocycles. The van der Waals surface area contributed by atoms with E-state index < -0.39 is 29.3 Å². The van der Waals surface area contributed by atoms with Crippen LogP contribution >= 0.6 is 0 Å². The van der Waals surface area contributed by atoms with Crippen LogP contribution in [-0.4, -0.2) is 6.03 Å². The Labute approximate surface area is 122 Å². The third-order valence-corrected chi connectivity index (χ3v) is 2.72. The molecule has 2 aromatic carbocycles. The third-order valence-electron chi connectivity index (χ3n) is 2.72. The van der Waals surface area contributed by atoms with Gasteiger partial charge in [0.2, 0.25) is 0 Å². The van der Waals surface area contributed by atoms with Crippen molar-refractivity contribution in [3.63, 3.8) is 0 Å². The molecule has 0 spiro atoms. The van der Waals surface area contributed by atoms with Crippen molar-refractivity contribution in [3.8, 4) is 0 Å². The molecule has 2 amide bonds. The number of halogens is 4. The fraction of sp³-hybridized carbons (Fsp3) is 0.0714. The van der Waals surface area contributed by atoms with Gasteiger partial charge in [-0.15, -0.1) is 0 Å². The molecule has 0 bridgehead atoms. The van der Waals surface area contributed by atoms with Crippen LogP contribution in [0.3, 0.4) is 0 Å². The molecule has 0 unspecified atom stereocenters. The maximum atomic E-state index is 12.7. The third kappa shape index (κ3) is 3.87. The van der Waals surface area contributed by atoms with Gasteiger partial charge in [0.25, 0.3) is 0 Å². The topological polar surface area (TPSA) is 67.1 Å². The summed E-state index contributed by atoms with van der Waals surface area (Å²) in [4.78, 5) is 11.7. The molecular formula is C14H11F4N3O. The standard InChI is InChI=1S/C14H11F4N3O/c15-8-1-3-9(4-2-8)20-13(22)21-10-5-6-12(19)11(7-10)14(16,17)18/h1-7H,19H2,(H2,20,21,22). The summed E-state index contributed by atoms with van der Waals surface area (Å²) in [6.07, 6.45) is -4.62. The predicted octanol–water partition coefficient (Wildman–Crippen LogP) is 4.07. The molecule has 2 rings (SSSR count). The summed E-state index contributed by atoms with van der Waals surface area (Å²) in [5, 5.41) is 4.61. The fourth-order valence-electron chi connectivity index (χ4n) is 1.71. The van der Waals surface area contributed by atoms with E-state index in [0.717, 1.165) is 24.3 Å². The number of urea groups is 1. The van der Waals surface area contributed by atoms with Gasteiger partial charge in [-0.05, 0) is 42.5 Å². The Bertz CT molecular complexity index is 683. The quantitative estimate of drug-likeness (QED) is 0.578. The van der Waals surface area contributed by atoms with Crippen molar-refractivity contribution >= 4 is 23.1 Å². The first-order valence-electron chi connectivity index (χ1n) is 6.06. The van der Waals surface area contributed by atoms with Gasteiger partial charge in [-0.2, -0.15) is 13.2 Å². The summed E-state index contributed by atoms with van der Waals surface area (Å²) in [6.45, 7) is 0. The van der Waals surface area contributed by atoms with Gasteiger partial charge in [-0.3, -0.25) is 0 Å². The highest BCUT2D eigenvalue weighted by Gasteiger charge is 2.33. The number of anilines is 3.